The Kier molecular flexibility index (Phi) is 13.8. The summed E-state index contributed by atoms with van der Waals surface area (Å²) in [5.74, 6) is -16.2. The lowest BCUT2D eigenvalue weighted by Crippen LogP contribution is -2.63. The number of anilines is 2. The first kappa shape index (κ1) is 41.6. The molecule has 0 spiro atoms. The molecule has 8 unspecified atom stereocenters. The Labute approximate surface area is 306 Å². The smallest absolute Gasteiger partial charge is 0.310 e. The van der Waals surface area contributed by atoms with Gasteiger partial charge in [0.1, 0.15) is 0 Å². The minimum atomic E-state index is -1.45. The SMILES string of the molecule is CCOC(=O)C1C(C(=O)NC)C(C(=O)OC)C1C(=O)Nc1ccc(C)cc1C.CNC(=O)C1C(C(=O)O)C(C(=O)O)C1C(=O)Nc1ccc(C)cc1C. The molecular formula is C37H46N4O12. The highest BCUT2D eigenvalue weighted by Gasteiger charge is 2.65. The van der Waals surface area contributed by atoms with Crippen molar-refractivity contribution < 1.29 is 58.0 Å². The van der Waals surface area contributed by atoms with E-state index < -0.39 is 94.8 Å². The van der Waals surface area contributed by atoms with Crippen LogP contribution in [0.2, 0.25) is 0 Å². The van der Waals surface area contributed by atoms with Crippen LogP contribution in [-0.4, -0.2) is 85.5 Å². The molecule has 6 N–H and O–H groups in total. The number of aliphatic carboxylic acids is 2. The monoisotopic (exact) mass is 738 g/mol. The van der Waals surface area contributed by atoms with Gasteiger partial charge >= 0.3 is 23.9 Å². The van der Waals surface area contributed by atoms with E-state index in [1.54, 1.807) is 32.0 Å². The van der Waals surface area contributed by atoms with Gasteiger partial charge in [0.25, 0.3) is 0 Å². The van der Waals surface area contributed by atoms with E-state index in [0.717, 1.165) is 22.3 Å². The van der Waals surface area contributed by atoms with Crippen molar-refractivity contribution >= 4 is 58.9 Å². The molecule has 4 rings (SSSR count). The van der Waals surface area contributed by atoms with E-state index in [1.165, 1.54) is 21.2 Å². The van der Waals surface area contributed by atoms with Crippen molar-refractivity contribution in [2.75, 3.05) is 38.4 Å². The van der Waals surface area contributed by atoms with Gasteiger partial charge in [-0.05, 0) is 57.9 Å². The van der Waals surface area contributed by atoms with Crippen molar-refractivity contribution in [3.63, 3.8) is 0 Å². The Morgan fingerprint density at radius 2 is 0.925 bits per heavy atom. The summed E-state index contributed by atoms with van der Waals surface area (Å²) in [6.45, 7) is 9.19. The number of carbonyl (C=O) groups excluding carboxylic acids is 6. The van der Waals surface area contributed by atoms with Crippen molar-refractivity contribution in [3.05, 3.63) is 58.7 Å². The summed E-state index contributed by atoms with van der Waals surface area (Å²) < 4.78 is 9.84. The molecule has 4 amide bonds. The number of nitrogens with one attached hydrogen (secondary N) is 4. The summed E-state index contributed by atoms with van der Waals surface area (Å²) in [5, 5.41) is 28.7. The molecule has 2 aliphatic carbocycles. The Morgan fingerprint density at radius 3 is 1.26 bits per heavy atom. The number of hydrogen-bond acceptors (Lipinski definition) is 10. The molecule has 0 bridgehead atoms. The van der Waals surface area contributed by atoms with E-state index in [-0.39, 0.29) is 6.61 Å². The molecule has 0 saturated heterocycles. The van der Waals surface area contributed by atoms with Crippen molar-refractivity contribution in [3.8, 4) is 0 Å². The largest absolute Gasteiger partial charge is 0.481 e. The predicted molar refractivity (Wildman–Crippen MR) is 189 cm³/mol. The molecule has 2 saturated carbocycles. The Morgan fingerprint density at radius 1 is 0.566 bits per heavy atom. The second-order valence-electron chi connectivity index (χ2n) is 13.0. The zero-order valence-electron chi connectivity index (χ0n) is 30.8. The average Bonchev–Trinajstić information content (AvgIpc) is 3.06. The topological polar surface area (TPSA) is 244 Å². The Balaban J connectivity index is 0.000000287. The molecule has 16 nitrogen and oxygen atoms in total. The number of methoxy groups -OCH3 is 1. The maximum atomic E-state index is 13.0. The second kappa shape index (κ2) is 17.6. The van der Waals surface area contributed by atoms with E-state index in [0.29, 0.717) is 11.4 Å². The van der Waals surface area contributed by atoms with Crippen molar-refractivity contribution in [1.29, 1.82) is 0 Å². The molecule has 16 heteroatoms. The quantitative estimate of drug-likeness (QED) is 0.181. The molecule has 0 aliphatic heterocycles. The summed E-state index contributed by atoms with van der Waals surface area (Å²) >= 11 is 0. The van der Waals surface area contributed by atoms with Crippen LogP contribution < -0.4 is 21.3 Å². The molecule has 53 heavy (non-hydrogen) atoms. The van der Waals surface area contributed by atoms with Gasteiger partial charge in [-0.2, -0.15) is 0 Å². The Hall–Kier alpha value is -5.80. The normalized spacial score (nSPS) is 23.9. The van der Waals surface area contributed by atoms with Gasteiger partial charge in [-0.3, -0.25) is 38.4 Å². The molecular weight excluding hydrogens is 692 g/mol. The molecule has 0 radical (unpaired) electrons. The van der Waals surface area contributed by atoms with Crippen LogP contribution >= 0.6 is 0 Å². The number of carboxylic acid groups (broad SMARTS) is 2. The van der Waals surface area contributed by atoms with Gasteiger partial charge in [-0.1, -0.05) is 35.4 Å². The van der Waals surface area contributed by atoms with Crippen LogP contribution in [0.1, 0.15) is 29.2 Å². The van der Waals surface area contributed by atoms with Crippen molar-refractivity contribution in [2.24, 2.45) is 47.3 Å². The lowest BCUT2D eigenvalue weighted by molar-refractivity contribution is -0.183. The van der Waals surface area contributed by atoms with Crippen LogP contribution in [-0.2, 0) is 47.8 Å². The molecule has 2 aromatic carbocycles. The summed E-state index contributed by atoms with van der Waals surface area (Å²) in [6.07, 6.45) is 0. The third-order valence-electron chi connectivity index (χ3n) is 9.68. The maximum Gasteiger partial charge on any atom is 0.310 e. The van der Waals surface area contributed by atoms with Crippen LogP contribution in [0.3, 0.4) is 0 Å². The minimum absolute atomic E-state index is 0.101. The number of carbonyl (C=O) groups is 8. The van der Waals surface area contributed by atoms with Crippen LogP contribution in [0.4, 0.5) is 11.4 Å². The number of ether oxygens (including phenoxy) is 2. The van der Waals surface area contributed by atoms with Gasteiger partial charge in [0, 0.05) is 25.5 Å². The van der Waals surface area contributed by atoms with Crippen LogP contribution in [0.25, 0.3) is 0 Å². The lowest BCUT2D eigenvalue weighted by atomic mass is 9.55. The first-order chi connectivity index (χ1) is 24.9. The van der Waals surface area contributed by atoms with Crippen LogP contribution in [0, 0.1) is 75.0 Å². The van der Waals surface area contributed by atoms with Gasteiger partial charge < -0.3 is 41.0 Å². The summed E-state index contributed by atoms with van der Waals surface area (Å²) in [5.41, 5.74) is 4.73. The Bertz CT molecular complexity index is 1790. The maximum absolute atomic E-state index is 13.0. The number of hydrogen-bond donors (Lipinski definition) is 6. The van der Waals surface area contributed by atoms with Crippen molar-refractivity contribution in [2.45, 2.75) is 34.6 Å². The number of benzene rings is 2. The first-order valence-electron chi connectivity index (χ1n) is 16.8. The third-order valence-corrected chi connectivity index (χ3v) is 9.68. The number of rotatable bonds is 11. The zero-order chi connectivity index (χ0) is 39.9. The van der Waals surface area contributed by atoms with Gasteiger partial charge in [0.15, 0.2) is 0 Å². The number of aryl methyl sites for hydroxylation is 4. The average molecular weight is 739 g/mol. The zero-order valence-corrected chi connectivity index (χ0v) is 30.8. The van der Waals surface area contributed by atoms with Gasteiger partial charge in [-0.15, -0.1) is 0 Å². The lowest BCUT2D eigenvalue weighted by Gasteiger charge is -2.46. The third kappa shape index (κ3) is 8.81. The number of carboxylic acids is 2. The van der Waals surface area contributed by atoms with E-state index in [2.05, 4.69) is 21.3 Å². The highest BCUT2D eigenvalue weighted by molar-refractivity contribution is 6.05. The fraction of sp³-hybridized carbons (Fsp3) is 0.459. The van der Waals surface area contributed by atoms with Gasteiger partial charge in [0.05, 0.1) is 61.1 Å². The molecule has 8 atom stereocenters. The first-order valence-corrected chi connectivity index (χ1v) is 16.8. The summed E-state index contributed by atoms with van der Waals surface area (Å²) in [7, 11) is 3.90. The number of esters is 2. The van der Waals surface area contributed by atoms with Gasteiger partial charge in [0.2, 0.25) is 23.6 Å². The highest BCUT2D eigenvalue weighted by atomic mass is 16.5. The van der Waals surface area contributed by atoms with Crippen LogP contribution in [0.15, 0.2) is 36.4 Å². The van der Waals surface area contributed by atoms with E-state index >= 15 is 0 Å². The van der Waals surface area contributed by atoms with Crippen LogP contribution in [0.5, 0.6) is 0 Å². The molecule has 2 fully saturated rings. The predicted octanol–water partition coefficient (Wildman–Crippen LogP) is 1.84. The summed E-state index contributed by atoms with van der Waals surface area (Å²) in [4.78, 5) is 97.5. The molecule has 286 valence electrons. The highest BCUT2D eigenvalue weighted by Crippen LogP contribution is 2.49. The second-order valence-corrected chi connectivity index (χ2v) is 13.0. The van der Waals surface area contributed by atoms with Crippen molar-refractivity contribution in [1.82, 2.24) is 10.6 Å². The fourth-order valence-electron chi connectivity index (χ4n) is 7.05. The molecule has 2 aromatic rings. The molecule has 0 aromatic heterocycles. The fourth-order valence-corrected chi connectivity index (χ4v) is 7.05. The minimum Gasteiger partial charge on any atom is -0.481 e. The van der Waals surface area contributed by atoms with E-state index in [4.69, 9.17) is 9.47 Å². The standard InChI is InChI=1S/C20H26N2O6.C17H20N2O6/c1-6-28-20(26)16-13(17(23)21-4)15(19(25)27-5)14(16)18(24)22-12-8-7-10(2)9-11(12)3;1-7-4-5-9(8(2)6-7)19-15(21)11-10(14(20)18-3)12(16(22)23)13(11)17(24)25/h7-9,13-16H,6H2,1-5H3,(H,21,23)(H,22,24);4-6,10-13H,1-3H3,(H,18,20)(H,19,21)(H,22,23)(H,24,25). The van der Waals surface area contributed by atoms with E-state index in [9.17, 15) is 48.6 Å². The number of amides is 4. The van der Waals surface area contributed by atoms with Gasteiger partial charge in [-0.25, -0.2) is 0 Å². The van der Waals surface area contributed by atoms with E-state index in [1.807, 2.05) is 39.0 Å². The molecule has 0 heterocycles. The summed E-state index contributed by atoms with van der Waals surface area (Å²) in [6, 6.07) is 10.8. The molecule has 2 aliphatic rings.